The minimum atomic E-state index is -1.39. The number of hydrogen-bond acceptors (Lipinski definition) is 3. The van der Waals surface area contributed by atoms with Crippen molar-refractivity contribution in [1.29, 1.82) is 0 Å². The highest BCUT2D eigenvalue weighted by Crippen LogP contribution is 2.22. The highest BCUT2D eigenvalue weighted by molar-refractivity contribution is 6.06. The van der Waals surface area contributed by atoms with Crippen molar-refractivity contribution in [2.24, 2.45) is 7.05 Å². The Morgan fingerprint density at radius 3 is 2.62 bits per heavy atom. The highest BCUT2D eigenvalue weighted by Gasteiger charge is 2.21. The van der Waals surface area contributed by atoms with E-state index >= 15 is 0 Å². The van der Waals surface area contributed by atoms with Crippen molar-refractivity contribution in [3.05, 3.63) is 41.0 Å². The first-order valence-corrected chi connectivity index (χ1v) is 6.12. The predicted octanol–water partition coefficient (Wildman–Crippen LogP) is 2.23. The van der Waals surface area contributed by atoms with Crippen molar-refractivity contribution >= 4 is 17.3 Å². The first-order valence-electron chi connectivity index (χ1n) is 6.12. The van der Waals surface area contributed by atoms with Gasteiger partial charge in [-0.25, -0.2) is 13.2 Å². The van der Waals surface area contributed by atoms with E-state index < -0.39 is 29.0 Å². The number of rotatable bonds is 3. The van der Waals surface area contributed by atoms with E-state index in [1.807, 2.05) is 6.92 Å². The lowest BCUT2D eigenvalue weighted by molar-refractivity contribution is 0.101. The zero-order chi connectivity index (χ0) is 15.7. The van der Waals surface area contributed by atoms with Gasteiger partial charge in [-0.1, -0.05) is 6.92 Å². The number of carbonyl (C=O) groups excluding carboxylic acids is 1. The Labute approximate surface area is 118 Å². The number of anilines is 2. The molecule has 1 heterocycles. The van der Waals surface area contributed by atoms with Gasteiger partial charge < -0.3 is 11.1 Å². The average molecular weight is 298 g/mol. The fraction of sp³-hybridized carbons (Fsp3) is 0.231. The number of nitrogens with zero attached hydrogens (tertiary/aromatic N) is 2. The van der Waals surface area contributed by atoms with Crippen LogP contribution in [0.2, 0.25) is 0 Å². The van der Waals surface area contributed by atoms with Gasteiger partial charge in [0.1, 0.15) is 11.5 Å². The van der Waals surface area contributed by atoms with Crippen LogP contribution in [0.1, 0.15) is 23.1 Å². The summed E-state index contributed by atoms with van der Waals surface area (Å²) in [5.74, 6) is -4.54. The van der Waals surface area contributed by atoms with E-state index in [9.17, 15) is 18.0 Å². The minimum absolute atomic E-state index is 0.00378. The van der Waals surface area contributed by atoms with E-state index in [1.54, 1.807) is 0 Å². The molecule has 0 aliphatic rings. The number of aromatic nitrogens is 2. The van der Waals surface area contributed by atoms with Crippen LogP contribution in [-0.4, -0.2) is 15.7 Å². The third-order valence-corrected chi connectivity index (χ3v) is 2.95. The molecule has 1 amide bonds. The quantitative estimate of drug-likeness (QED) is 0.853. The first-order chi connectivity index (χ1) is 9.85. The number of benzene rings is 1. The van der Waals surface area contributed by atoms with Gasteiger partial charge in [0.15, 0.2) is 11.6 Å². The van der Waals surface area contributed by atoms with Gasteiger partial charge in [0.25, 0.3) is 5.91 Å². The maximum absolute atomic E-state index is 13.5. The van der Waals surface area contributed by atoms with E-state index in [1.165, 1.54) is 11.7 Å². The highest BCUT2D eigenvalue weighted by atomic mass is 19.2. The molecule has 21 heavy (non-hydrogen) atoms. The summed E-state index contributed by atoms with van der Waals surface area (Å²) < 4.78 is 40.9. The molecule has 1 aromatic heterocycles. The summed E-state index contributed by atoms with van der Waals surface area (Å²) >= 11 is 0. The third-order valence-electron chi connectivity index (χ3n) is 2.95. The molecular formula is C13H13F3N4O. The Kier molecular flexibility index (Phi) is 3.88. The first kappa shape index (κ1) is 14.9. The molecule has 0 bridgehead atoms. The van der Waals surface area contributed by atoms with Crippen LogP contribution in [0.15, 0.2) is 12.1 Å². The third kappa shape index (κ3) is 2.69. The van der Waals surface area contributed by atoms with Gasteiger partial charge in [0.05, 0.1) is 17.1 Å². The molecule has 0 spiro atoms. The van der Waals surface area contributed by atoms with Gasteiger partial charge in [-0.15, -0.1) is 0 Å². The lowest BCUT2D eigenvalue weighted by atomic mass is 10.2. The van der Waals surface area contributed by atoms with Crippen LogP contribution >= 0.6 is 0 Å². The van der Waals surface area contributed by atoms with Gasteiger partial charge in [-0.05, 0) is 6.42 Å². The van der Waals surface area contributed by atoms with Crippen molar-refractivity contribution in [3.8, 4) is 0 Å². The number of aryl methyl sites for hydroxylation is 2. The summed E-state index contributed by atoms with van der Waals surface area (Å²) in [5, 5.41) is 6.13. The summed E-state index contributed by atoms with van der Waals surface area (Å²) in [7, 11) is 1.49. The standard InChI is InChI=1S/C13H13F3N4O/c1-3-8-11(17)12(20(2)19-8)13(21)18-9-5-6(14)4-7(15)10(9)16/h4-5H,3,17H2,1-2H3,(H,18,21). The molecule has 0 unspecified atom stereocenters. The number of amides is 1. The fourth-order valence-electron chi connectivity index (χ4n) is 1.95. The number of halogens is 3. The molecule has 3 N–H and O–H groups in total. The molecule has 8 heteroatoms. The van der Waals surface area contributed by atoms with Crippen LogP contribution in [0.4, 0.5) is 24.5 Å². The van der Waals surface area contributed by atoms with Crippen molar-refractivity contribution in [1.82, 2.24) is 9.78 Å². The second-order valence-corrected chi connectivity index (χ2v) is 4.39. The van der Waals surface area contributed by atoms with Crippen LogP contribution in [-0.2, 0) is 13.5 Å². The van der Waals surface area contributed by atoms with E-state index in [4.69, 9.17) is 5.73 Å². The van der Waals surface area contributed by atoms with Crippen LogP contribution < -0.4 is 11.1 Å². The maximum atomic E-state index is 13.5. The molecule has 0 aliphatic carbocycles. The van der Waals surface area contributed by atoms with Crippen molar-refractivity contribution < 1.29 is 18.0 Å². The Bertz CT molecular complexity index is 712. The Morgan fingerprint density at radius 1 is 1.38 bits per heavy atom. The molecular weight excluding hydrogens is 285 g/mol. The van der Waals surface area contributed by atoms with E-state index in [-0.39, 0.29) is 11.4 Å². The number of hydrogen-bond donors (Lipinski definition) is 2. The molecule has 0 fully saturated rings. The smallest absolute Gasteiger partial charge is 0.276 e. The SMILES string of the molecule is CCc1nn(C)c(C(=O)Nc2cc(F)cc(F)c2F)c1N. The van der Waals surface area contributed by atoms with Crippen LogP contribution in [0.3, 0.4) is 0 Å². The molecule has 2 rings (SSSR count). The Hall–Kier alpha value is -2.51. The number of nitrogens with one attached hydrogen (secondary N) is 1. The lowest BCUT2D eigenvalue weighted by Crippen LogP contribution is -2.18. The molecule has 2 aromatic rings. The summed E-state index contributed by atoms with van der Waals surface area (Å²) in [6.45, 7) is 1.81. The summed E-state index contributed by atoms with van der Waals surface area (Å²) in [6.07, 6.45) is 0.510. The summed E-state index contributed by atoms with van der Waals surface area (Å²) in [4.78, 5) is 12.1. The molecule has 1 aromatic carbocycles. The molecule has 0 radical (unpaired) electrons. The van der Waals surface area contributed by atoms with Gasteiger partial charge in [0, 0.05) is 19.2 Å². The van der Waals surface area contributed by atoms with E-state index in [2.05, 4.69) is 10.4 Å². The van der Waals surface area contributed by atoms with Gasteiger partial charge in [0.2, 0.25) is 0 Å². The molecule has 5 nitrogen and oxygen atoms in total. The van der Waals surface area contributed by atoms with Gasteiger partial charge in [-0.3, -0.25) is 9.48 Å². The number of nitrogen functional groups attached to an aromatic ring is 1. The number of nitrogens with two attached hydrogens (primary N) is 1. The monoisotopic (exact) mass is 298 g/mol. The van der Waals surface area contributed by atoms with Crippen molar-refractivity contribution in [2.45, 2.75) is 13.3 Å². The summed E-state index contributed by atoms with van der Waals surface area (Å²) in [6, 6.07) is 1.07. The molecule has 0 atom stereocenters. The molecule has 112 valence electrons. The van der Waals surface area contributed by atoms with Gasteiger partial charge in [-0.2, -0.15) is 5.10 Å². The number of carbonyl (C=O) groups is 1. The van der Waals surface area contributed by atoms with Crippen LogP contribution in [0.25, 0.3) is 0 Å². The second kappa shape index (κ2) is 5.47. The van der Waals surface area contributed by atoms with Crippen molar-refractivity contribution in [3.63, 3.8) is 0 Å². The molecule has 0 saturated heterocycles. The molecule has 0 aliphatic heterocycles. The van der Waals surface area contributed by atoms with Crippen LogP contribution in [0.5, 0.6) is 0 Å². The van der Waals surface area contributed by atoms with Crippen LogP contribution in [0, 0.1) is 17.5 Å². The Balaban J connectivity index is 2.37. The zero-order valence-electron chi connectivity index (χ0n) is 11.4. The van der Waals surface area contributed by atoms with E-state index in [0.29, 0.717) is 24.2 Å². The van der Waals surface area contributed by atoms with E-state index in [0.717, 1.165) is 0 Å². The maximum Gasteiger partial charge on any atom is 0.276 e. The fourth-order valence-corrected chi connectivity index (χ4v) is 1.95. The normalized spacial score (nSPS) is 10.7. The minimum Gasteiger partial charge on any atom is -0.395 e. The zero-order valence-corrected chi connectivity index (χ0v) is 11.4. The van der Waals surface area contributed by atoms with Gasteiger partial charge >= 0.3 is 0 Å². The average Bonchev–Trinajstić information content (AvgIpc) is 2.70. The topological polar surface area (TPSA) is 72.9 Å². The molecule has 0 saturated carbocycles. The second-order valence-electron chi connectivity index (χ2n) is 4.39. The predicted molar refractivity (Wildman–Crippen MR) is 71.3 cm³/mol. The largest absolute Gasteiger partial charge is 0.395 e. The Morgan fingerprint density at radius 2 is 2.05 bits per heavy atom. The van der Waals surface area contributed by atoms with Crippen molar-refractivity contribution in [2.75, 3.05) is 11.1 Å². The lowest BCUT2D eigenvalue weighted by Gasteiger charge is -2.08. The summed E-state index contributed by atoms with van der Waals surface area (Å²) in [5.41, 5.74) is 5.83.